The minimum atomic E-state index is 0.0305. The van der Waals surface area contributed by atoms with Gasteiger partial charge in [0.05, 0.1) is 6.54 Å². The van der Waals surface area contributed by atoms with Crippen molar-refractivity contribution < 1.29 is 4.79 Å². The molecule has 116 valence electrons. The van der Waals surface area contributed by atoms with E-state index in [0.29, 0.717) is 36.6 Å². The summed E-state index contributed by atoms with van der Waals surface area (Å²) in [7, 11) is 0. The van der Waals surface area contributed by atoms with Crippen molar-refractivity contribution >= 4 is 17.5 Å². The number of hydrogen-bond acceptors (Lipinski definition) is 3. The van der Waals surface area contributed by atoms with Crippen LogP contribution in [0.25, 0.3) is 0 Å². The third-order valence-corrected chi connectivity index (χ3v) is 4.52. The molecule has 4 nitrogen and oxygen atoms in total. The number of benzene rings is 1. The van der Waals surface area contributed by atoms with E-state index >= 15 is 0 Å². The number of likely N-dealkylation sites (tertiary alicyclic amines) is 1. The molecule has 5 heteroatoms. The van der Waals surface area contributed by atoms with Crippen molar-refractivity contribution in [2.75, 3.05) is 19.6 Å². The van der Waals surface area contributed by atoms with Crippen LogP contribution in [0.3, 0.4) is 0 Å². The number of halogens is 1. The molecule has 1 aliphatic heterocycles. The Labute approximate surface area is 131 Å². The van der Waals surface area contributed by atoms with Crippen LogP contribution in [0.5, 0.6) is 0 Å². The summed E-state index contributed by atoms with van der Waals surface area (Å²) >= 11 is 6.08. The topological polar surface area (TPSA) is 58.4 Å². The van der Waals surface area contributed by atoms with Crippen LogP contribution in [-0.4, -0.2) is 36.5 Å². The molecule has 0 aromatic heterocycles. The van der Waals surface area contributed by atoms with Gasteiger partial charge in [0.25, 0.3) is 0 Å². The van der Waals surface area contributed by atoms with Crippen LogP contribution < -0.4 is 11.1 Å². The number of carbonyl (C=O) groups is 1. The van der Waals surface area contributed by atoms with Gasteiger partial charge in [0.2, 0.25) is 5.91 Å². The van der Waals surface area contributed by atoms with Crippen molar-refractivity contribution in [1.29, 1.82) is 0 Å². The van der Waals surface area contributed by atoms with Gasteiger partial charge < -0.3 is 11.1 Å². The van der Waals surface area contributed by atoms with E-state index in [9.17, 15) is 4.79 Å². The van der Waals surface area contributed by atoms with Crippen molar-refractivity contribution in [2.24, 2.45) is 11.7 Å². The second-order valence-corrected chi connectivity index (χ2v) is 6.26. The molecule has 1 saturated heterocycles. The molecular weight excluding hydrogens is 286 g/mol. The molecule has 2 unspecified atom stereocenters. The summed E-state index contributed by atoms with van der Waals surface area (Å²) in [5.74, 6) is 0.726. The van der Waals surface area contributed by atoms with E-state index in [-0.39, 0.29) is 5.91 Å². The van der Waals surface area contributed by atoms with E-state index in [1.807, 2.05) is 24.3 Å². The first-order valence-electron chi connectivity index (χ1n) is 7.54. The Kier molecular flexibility index (Phi) is 6.03. The lowest BCUT2D eigenvalue weighted by molar-refractivity contribution is -0.123. The molecule has 2 rings (SSSR count). The quantitative estimate of drug-likeness (QED) is 0.875. The zero-order valence-corrected chi connectivity index (χ0v) is 13.3. The maximum atomic E-state index is 12.1. The van der Waals surface area contributed by atoms with Gasteiger partial charge in [-0.2, -0.15) is 0 Å². The Morgan fingerprint density at radius 3 is 2.95 bits per heavy atom. The number of hydrogen-bond donors (Lipinski definition) is 2. The third kappa shape index (κ3) is 4.70. The van der Waals surface area contributed by atoms with E-state index < -0.39 is 0 Å². The largest absolute Gasteiger partial charge is 0.351 e. The fraction of sp³-hybridized carbons (Fsp3) is 0.562. The molecule has 2 atom stereocenters. The van der Waals surface area contributed by atoms with E-state index in [1.165, 1.54) is 0 Å². The van der Waals surface area contributed by atoms with Gasteiger partial charge in [0.15, 0.2) is 0 Å². The number of nitrogens with two attached hydrogens (primary N) is 1. The number of nitrogens with one attached hydrogen (secondary N) is 1. The van der Waals surface area contributed by atoms with Crippen molar-refractivity contribution in [3.63, 3.8) is 0 Å². The van der Waals surface area contributed by atoms with Gasteiger partial charge >= 0.3 is 0 Å². The molecule has 1 amide bonds. The van der Waals surface area contributed by atoms with Crippen LogP contribution >= 0.6 is 11.6 Å². The first-order valence-corrected chi connectivity index (χ1v) is 7.92. The second kappa shape index (κ2) is 7.78. The molecule has 21 heavy (non-hydrogen) atoms. The van der Waals surface area contributed by atoms with Crippen molar-refractivity contribution in [3.05, 3.63) is 34.9 Å². The summed E-state index contributed by atoms with van der Waals surface area (Å²) < 4.78 is 0. The Morgan fingerprint density at radius 2 is 2.24 bits per heavy atom. The smallest absolute Gasteiger partial charge is 0.234 e. The van der Waals surface area contributed by atoms with Crippen molar-refractivity contribution in [1.82, 2.24) is 10.2 Å². The summed E-state index contributed by atoms with van der Waals surface area (Å²) in [6.07, 6.45) is 2.21. The number of amides is 1. The lowest BCUT2D eigenvalue weighted by Crippen LogP contribution is -2.50. The SMILES string of the molecule is CC1CCN(CC(=O)NCc2ccccc2Cl)C(CN)C1. The van der Waals surface area contributed by atoms with Gasteiger partial charge in [-0.25, -0.2) is 0 Å². The van der Waals surface area contributed by atoms with Gasteiger partial charge in [-0.15, -0.1) is 0 Å². The molecule has 0 spiro atoms. The molecule has 1 aromatic rings. The molecule has 1 heterocycles. The van der Waals surface area contributed by atoms with E-state index in [4.69, 9.17) is 17.3 Å². The summed E-state index contributed by atoms with van der Waals surface area (Å²) in [5, 5.41) is 3.62. The molecule has 0 radical (unpaired) electrons. The van der Waals surface area contributed by atoms with Crippen LogP contribution in [0.2, 0.25) is 5.02 Å². The maximum absolute atomic E-state index is 12.1. The predicted molar refractivity (Wildman–Crippen MR) is 86.1 cm³/mol. The minimum absolute atomic E-state index is 0.0305. The lowest BCUT2D eigenvalue weighted by Gasteiger charge is -2.37. The summed E-state index contributed by atoms with van der Waals surface area (Å²) in [6, 6.07) is 7.88. The molecule has 3 N–H and O–H groups in total. The second-order valence-electron chi connectivity index (χ2n) is 5.86. The summed E-state index contributed by atoms with van der Waals surface area (Å²) in [5.41, 5.74) is 6.77. The Bertz CT molecular complexity index is 480. The van der Waals surface area contributed by atoms with Crippen LogP contribution in [0.1, 0.15) is 25.3 Å². The zero-order valence-electron chi connectivity index (χ0n) is 12.5. The fourth-order valence-corrected chi connectivity index (χ4v) is 3.03. The normalized spacial score (nSPS) is 23.0. The van der Waals surface area contributed by atoms with Gasteiger partial charge in [-0.05, 0) is 36.9 Å². The molecule has 1 aromatic carbocycles. The van der Waals surface area contributed by atoms with Crippen LogP contribution in [-0.2, 0) is 11.3 Å². The van der Waals surface area contributed by atoms with Gasteiger partial charge in [0.1, 0.15) is 0 Å². The first-order chi connectivity index (χ1) is 10.1. The third-order valence-electron chi connectivity index (χ3n) is 4.15. The van der Waals surface area contributed by atoms with Crippen LogP contribution in [0.4, 0.5) is 0 Å². The molecule has 1 aliphatic rings. The number of piperidine rings is 1. The summed E-state index contributed by atoms with van der Waals surface area (Å²) in [4.78, 5) is 14.3. The molecule has 0 aliphatic carbocycles. The van der Waals surface area contributed by atoms with Gasteiger partial charge in [-0.3, -0.25) is 9.69 Å². The van der Waals surface area contributed by atoms with E-state index in [0.717, 1.165) is 24.9 Å². The van der Waals surface area contributed by atoms with Gasteiger partial charge in [0, 0.05) is 24.2 Å². The Morgan fingerprint density at radius 1 is 1.48 bits per heavy atom. The Hall–Kier alpha value is -1.10. The average Bonchev–Trinajstić information content (AvgIpc) is 2.48. The van der Waals surface area contributed by atoms with Crippen LogP contribution in [0, 0.1) is 5.92 Å². The highest BCUT2D eigenvalue weighted by atomic mass is 35.5. The number of carbonyl (C=O) groups excluding carboxylic acids is 1. The average molecular weight is 310 g/mol. The van der Waals surface area contributed by atoms with Crippen LogP contribution in [0.15, 0.2) is 24.3 Å². The molecule has 0 bridgehead atoms. The molecular formula is C16H24ClN3O. The maximum Gasteiger partial charge on any atom is 0.234 e. The highest BCUT2D eigenvalue weighted by molar-refractivity contribution is 6.31. The fourth-order valence-electron chi connectivity index (χ4n) is 2.83. The number of rotatable bonds is 5. The van der Waals surface area contributed by atoms with Gasteiger partial charge in [-0.1, -0.05) is 36.7 Å². The first kappa shape index (κ1) is 16.3. The van der Waals surface area contributed by atoms with E-state index in [2.05, 4.69) is 17.1 Å². The van der Waals surface area contributed by atoms with E-state index in [1.54, 1.807) is 0 Å². The number of nitrogens with zero attached hydrogens (tertiary/aromatic N) is 1. The minimum Gasteiger partial charge on any atom is -0.351 e. The van der Waals surface area contributed by atoms with Crippen molar-refractivity contribution in [3.8, 4) is 0 Å². The highest BCUT2D eigenvalue weighted by Crippen LogP contribution is 2.21. The highest BCUT2D eigenvalue weighted by Gasteiger charge is 2.26. The standard InChI is InChI=1S/C16H24ClN3O/c1-12-6-7-20(14(8-12)9-18)11-16(21)19-10-13-4-2-3-5-15(13)17/h2-5,12,14H,6-11,18H2,1H3,(H,19,21). The molecule has 1 fully saturated rings. The molecule has 0 saturated carbocycles. The predicted octanol–water partition coefficient (Wildman–Crippen LogP) is 2.02. The summed E-state index contributed by atoms with van der Waals surface area (Å²) in [6.45, 7) is 4.69. The lowest BCUT2D eigenvalue weighted by atomic mass is 9.92. The van der Waals surface area contributed by atoms with Crippen molar-refractivity contribution in [2.45, 2.75) is 32.4 Å². The Balaban J connectivity index is 1.83. The zero-order chi connectivity index (χ0) is 15.2. The monoisotopic (exact) mass is 309 g/mol.